The minimum atomic E-state index is -0.734. The Kier molecular flexibility index (Phi) is 9.75. The van der Waals surface area contributed by atoms with Gasteiger partial charge in [0.05, 0.1) is 0 Å². The molecule has 0 aliphatic carbocycles. The lowest BCUT2D eigenvalue weighted by Gasteiger charge is -2.25. The molecule has 15 rings (SSSR count). The zero-order valence-electron chi connectivity index (χ0n) is 28.6. The second-order valence-corrected chi connectivity index (χ2v) is 21.6. The van der Waals surface area contributed by atoms with Crippen molar-refractivity contribution in [3.8, 4) is 0 Å². The van der Waals surface area contributed by atoms with Gasteiger partial charge in [0, 0.05) is 0 Å². The number of benzene rings is 8. The van der Waals surface area contributed by atoms with E-state index in [0.29, 0.717) is 0 Å². The quantitative estimate of drug-likeness (QED) is 0.170. The topological polar surface area (TPSA) is 0 Å². The Morgan fingerprint density at radius 2 is 0.250 bits per heavy atom. The largest absolute Gasteiger partial charge is 0.0622 e. The molecule has 0 nitrogen and oxygen atoms in total. The van der Waals surface area contributed by atoms with Crippen LogP contribution in [0.15, 0.2) is 218 Å². The maximum absolute atomic E-state index is 2.40. The summed E-state index contributed by atoms with van der Waals surface area (Å²) in [6, 6.07) is 82.7. The standard InChI is InChI=1S/C48H36P4/c1-5-13-37(14-6-1)49-41-21-25-43(26-22-41)50(38-15-7-2-8-16-38)45-29-33-47(34-30-45)52(40-19-11-4-12-20-40)48-35-31-46(32-36-48)51(39-17-9-3-10-18-39)44-27-23-42(49)24-28-44/h1-36H. The van der Waals surface area contributed by atoms with Gasteiger partial charge in [0.25, 0.3) is 0 Å². The normalized spacial score (nSPS) is 18.0. The highest BCUT2D eigenvalue weighted by Crippen LogP contribution is 2.39. The molecule has 8 aromatic rings. The first-order valence-electron chi connectivity index (χ1n) is 17.6. The minimum Gasteiger partial charge on any atom is -0.0622 e. The summed E-state index contributed by atoms with van der Waals surface area (Å²) in [6.07, 6.45) is 0. The van der Waals surface area contributed by atoms with E-state index in [1.165, 1.54) is 63.7 Å². The second kappa shape index (κ2) is 15.2. The van der Waals surface area contributed by atoms with Crippen molar-refractivity contribution < 1.29 is 0 Å². The monoisotopic (exact) mass is 736 g/mol. The van der Waals surface area contributed by atoms with Gasteiger partial charge in [-0.1, -0.05) is 218 Å². The molecular weight excluding hydrogens is 700 g/mol. The second-order valence-electron chi connectivity index (χ2n) is 12.7. The Morgan fingerprint density at radius 1 is 0.135 bits per heavy atom. The fraction of sp³-hybridized carbons (Fsp3) is 0. The van der Waals surface area contributed by atoms with Crippen LogP contribution >= 0.6 is 31.7 Å². The van der Waals surface area contributed by atoms with E-state index in [4.69, 9.17) is 0 Å². The molecule has 0 saturated carbocycles. The summed E-state index contributed by atoms with van der Waals surface area (Å²) in [4.78, 5) is 0. The van der Waals surface area contributed by atoms with Crippen molar-refractivity contribution in [2.75, 3.05) is 0 Å². The van der Waals surface area contributed by atoms with Crippen molar-refractivity contribution in [2.24, 2.45) is 0 Å². The lowest BCUT2D eigenvalue weighted by atomic mass is 10.3. The lowest BCUT2D eigenvalue weighted by molar-refractivity contribution is 1.74. The van der Waals surface area contributed by atoms with Crippen LogP contribution in [0.2, 0.25) is 0 Å². The summed E-state index contributed by atoms with van der Waals surface area (Å²) in [5, 5.41) is 16.5. The SMILES string of the molecule is c1ccc(P2c3ccc(cc3)P(c3ccccc3)c3ccc(cc3)P(c3ccccc3)c3ccc(cc3)P(c3ccccc3)c3ccc2cc3)cc1. The Morgan fingerprint density at radius 3 is 0.385 bits per heavy atom. The van der Waals surface area contributed by atoms with E-state index in [1.54, 1.807) is 0 Å². The predicted octanol–water partition coefficient (Wildman–Crippen LogP) is 7.03. The molecule has 0 amide bonds. The molecule has 52 heavy (non-hydrogen) atoms. The average Bonchev–Trinajstić information content (AvgIpc) is 3.22. The van der Waals surface area contributed by atoms with Crippen LogP contribution in [-0.2, 0) is 0 Å². The highest BCUT2D eigenvalue weighted by molar-refractivity contribution is 7.81. The molecular formula is C48H36P4. The molecule has 0 spiro atoms. The van der Waals surface area contributed by atoms with E-state index in [-0.39, 0.29) is 0 Å². The molecule has 7 heterocycles. The first-order valence-corrected chi connectivity index (χ1v) is 23.0. The van der Waals surface area contributed by atoms with Crippen LogP contribution in [0.5, 0.6) is 0 Å². The molecule has 8 aromatic carbocycles. The van der Waals surface area contributed by atoms with Crippen molar-refractivity contribution >= 4 is 95.3 Å². The van der Waals surface area contributed by atoms with Crippen molar-refractivity contribution in [3.63, 3.8) is 0 Å². The summed E-state index contributed by atoms with van der Waals surface area (Å²) in [5.74, 6) is 0. The molecule has 0 aromatic heterocycles. The van der Waals surface area contributed by atoms with Gasteiger partial charge in [0.1, 0.15) is 0 Å². The third-order valence-electron chi connectivity index (χ3n) is 9.52. The van der Waals surface area contributed by atoms with Crippen LogP contribution in [0.3, 0.4) is 0 Å². The molecule has 0 atom stereocenters. The van der Waals surface area contributed by atoms with E-state index in [2.05, 4.69) is 218 Å². The summed E-state index contributed by atoms with van der Waals surface area (Å²) < 4.78 is 0. The Bertz CT molecular complexity index is 1920. The maximum Gasteiger partial charge on any atom is -0.0134 e. The van der Waals surface area contributed by atoms with Crippen LogP contribution in [0.4, 0.5) is 0 Å². The Hall–Kier alpha value is -4.52. The average molecular weight is 737 g/mol. The molecule has 0 saturated heterocycles. The van der Waals surface area contributed by atoms with E-state index in [0.717, 1.165) is 0 Å². The van der Waals surface area contributed by atoms with Crippen molar-refractivity contribution in [3.05, 3.63) is 218 Å². The summed E-state index contributed by atoms with van der Waals surface area (Å²) in [5.41, 5.74) is 0. The van der Waals surface area contributed by atoms with E-state index in [1.807, 2.05) is 0 Å². The molecule has 4 heteroatoms. The molecule has 0 unspecified atom stereocenters. The summed E-state index contributed by atoms with van der Waals surface area (Å²) in [6.45, 7) is 0. The fourth-order valence-electron chi connectivity index (χ4n) is 7.10. The zero-order valence-corrected chi connectivity index (χ0v) is 32.2. The van der Waals surface area contributed by atoms with Crippen molar-refractivity contribution in [1.29, 1.82) is 0 Å². The molecule has 0 radical (unpaired) electrons. The smallest absolute Gasteiger partial charge is 0.0134 e. The molecule has 0 N–H and O–H groups in total. The fourth-order valence-corrected chi connectivity index (χ4v) is 16.1. The summed E-state index contributed by atoms with van der Waals surface area (Å²) in [7, 11) is -2.94. The molecule has 248 valence electrons. The van der Waals surface area contributed by atoms with Crippen molar-refractivity contribution in [2.45, 2.75) is 0 Å². The van der Waals surface area contributed by atoms with Gasteiger partial charge in [-0.15, -0.1) is 0 Å². The van der Waals surface area contributed by atoms with E-state index < -0.39 is 31.7 Å². The zero-order chi connectivity index (χ0) is 34.7. The van der Waals surface area contributed by atoms with Gasteiger partial charge in [0.2, 0.25) is 0 Å². The van der Waals surface area contributed by atoms with Crippen LogP contribution in [0, 0.1) is 0 Å². The summed E-state index contributed by atoms with van der Waals surface area (Å²) >= 11 is 0. The van der Waals surface area contributed by atoms with Crippen LogP contribution in [0.1, 0.15) is 0 Å². The predicted molar refractivity (Wildman–Crippen MR) is 235 cm³/mol. The van der Waals surface area contributed by atoms with Crippen molar-refractivity contribution in [1.82, 2.24) is 0 Å². The van der Waals surface area contributed by atoms with Crippen LogP contribution < -0.4 is 63.7 Å². The maximum atomic E-state index is 2.40. The molecule has 7 aliphatic heterocycles. The van der Waals surface area contributed by atoms with Gasteiger partial charge in [-0.05, 0) is 95.3 Å². The van der Waals surface area contributed by atoms with Gasteiger partial charge >= 0.3 is 0 Å². The number of hydrogen-bond donors (Lipinski definition) is 0. The van der Waals surface area contributed by atoms with Gasteiger partial charge in [-0.3, -0.25) is 0 Å². The number of hydrogen-bond acceptors (Lipinski definition) is 0. The third kappa shape index (κ3) is 6.75. The highest BCUT2D eigenvalue weighted by atomic mass is 31.1. The van der Waals surface area contributed by atoms with Crippen LogP contribution in [-0.4, -0.2) is 0 Å². The minimum absolute atomic E-state index is 0.734. The van der Waals surface area contributed by atoms with Gasteiger partial charge < -0.3 is 0 Å². The number of rotatable bonds is 4. The Labute approximate surface area is 312 Å². The van der Waals surface area contributed by atoms with E-state index in [9.17, 15) is 0 Å². The van der Waals surface area contributed by atoms with Crippen LogP contribution in [0.25, 0.3) is 0 Å². The molecule has 0 fully saturated rings. The highest BCUT2D eigenvalue weighted by Gasteiger charge is 2.24. The molecule has 8 bridgehead atoms. The molecule has 7 aliphatic rings. The van der Waals surface area contributed by atoms with Gasteiger partial charge in [-0.2, -0.15) is 0 Å². The Balaban J connectivity index is 1.26. The van der Waals surface area contributed by atoms with E-state index >= 15 is 0 Å². The third-order valence-corrected chi connectivity index (χ3v) is 19.3. The first kappa shape index (κ1) is 33.3. The first-order chi connectivity index (χ1) is 25.8. The van der Waals surface area contributed by atoms with Gasteiger partial charge in [-0.25, -0.2) is 0 Å². The lowest BCUT2D eigenvalue weighted by Crippen LogP contribution is -2.27. The van der Waals surface area contributed by atoms with Gasteiger partial charge in [0.15, 0.2) is 0 Å².